The van der Waals surface area contributed by atoms with E-state index in [0.29, 0.717) is 12.3 Å². The van der Waals surface area contributed by atoms with E-state index in [1.807, 2.05) is 24.3 Å². The highest BCUT2D eigenvalue weighted by Crippen LogP contribution is 2.19. The summed E-state index contributed by atoms with van der Waals surface area (Å²) >= 11 is 0. The van der Waals surface area contributed by atoms with Gasteiger partial charge in [0.1, 0.15) is 23.9 Å². The van der Waals surface area contributed by atoms with Gasteiger partial charge in [-0.15, -0.1) is 0 Å². The van der Waals surface area contributed by atoms with Crippen LogP contribution < -0.4 is 14.2 Å². The lowest BCUT2D eigenvalue weighted by Gasteiger charge is -2.09. The fraction of sp³-hybridized carbons (Fsp3) is 0.368. The van der Waals surface area contributed by atoms with E-state index >= 15 is 0 Å². The van der Waals surface area contributed by atoms with Crippen molar-refractivity contribution in [3.63, 3.8) is 0 Å². The van der Waals surface area contributed by atoms with Crippen molar-refractivity contribution in [2.75, 3.05) is 26.0 Å². The molecule has 0 bridgehead atoms. The van der Waals surface area contributed by atoms with E-state index < -0.39 is 10.0 Å². The maximum absolute atomic E-state index is 12.8. The molecule has 0 amide bonds. The molecule has 0 aromatic heterocycles. The van der Waals surface area contributed by atoms with Gasteiger partial charge in [-0.2, -0.15) is 0 Å². The van der Waals surface area contributed by atoms with Crippen molar-refractivity contribution in [3.05, 3.63) is 59.9 Å². The molecule has 0 atom stereocenters. The number of ether oxygens (including phenoxy) is 2. The third-order valence-electron chi connectivity index (χ3n) is 3.82. The number of aryl methyl sites for hydroxylation is 1. The maximum atomic E-state index is 12.8. The van der Waals surface area contributed by atoms with Crippen molar-refractivity contribution in [1.82, 2.24) is 4.72 Å². The standard InChI is InChI=1S/C19H24FNO4S/c1-24-19-8-3-2-6-16(19)7-4-5-13-21-26(22,23)15-14-25-18-11-9-17(20)10-12-18/h2-3,6,8-12,21H,4-5,7,13-15H2,1H3. The van der Waals surface area contributed by atoms with Crippen LogP contribution in [0.3, 0.4) is 0 Å². The normalized spacial score (nSPS) is 11.3. The summed E-state index contributed by atoms with van der Waals surface area (Å²) in [5.74, 6) is 0.792. The molecule has 0 heterocycles. The van der Waals surface area contributed by atoms with E-state index in [0.717, 1.165) is 30.6 Å². The van der Waals surface area contributed by atoms with Gasteiger partial charge in [-0.3, -0.25) is 0 Å². The smallest absolute Gasteiger partial charge is 0.214 e. The number of benzene rings is 2. The van der Waals surface area contributed by atoms with E-state index in [4.69, 9.17) is 9.47 Å². The number of hydrogen-bond donors (Lipinski definition) is 1. The van der Waals surface area contributed by atoms with Crippen LogP contribution in [0.2, 0.25) is 0 Å². The molecule has 0 radical (unpaired) electrons. The molecule has 0 saturated heterocycles. The first kappa shape index (κ1) is 20.2. The van der Waals surface area contributed by atoms with Crippen LogP contribution in [0.1, 0.15) is 18.4 Å². The van der Waals surface area contributed by atoms with Crippen molar-refractivity contribution in [2.45, 2.75) is 19.3 Å². The van der Waals surface area contributed by atoms with Crippen LogP contribution >= 0.6 is 0 Å². The molecule has 5 nitrogen and oxygen atoms in total. The highest BCUT2D eigenvalue weighted by Gasteiger charge is 2.10. The second-order valence-electron chi connectivity index (χ2n) is 5.78. The van der Waals surface area contributed by atoms with Crippen LogP contribution in [0.5, 0.6) is 11.5 Å². The summed E-state index contributed by atoms with van der Waals surface area (Å²) in [5, 5.41) is 0. The molecule has 0 aliphatic carbocycles. The van der Waals surface area contributed by atoms with Crippen molar-refractivity contribution >= 4 is 10.0 Å². The highest BCUT2D eigenvalue weighted by molar-refractivity contribution is 7.89. The number of rotatable bonds is 11. The Morgan fingerprint density at radius 1 is 1.04 bits per heavy atom. The van der Waals surface area contributed by atoms with Gasteiger partial charge in [0.05, 0.1) is 12.9 Å². The second kappa shape index (κ2) is 10.1. The summed E-state index contributed by atoms with van der Waals surface area (Å²) in [6, 6.07) is 13.3. The minimum Gasteiger partial charge on any atom is -0.496 e. The van der Waals surface area contributed by atoms with Crippen LogP contribution in [0.15, 0.2) is 48.5 Å². The van der Waals surface area contributed by atoms with Crippen molar-refractivity contribution in [1.29, 1.82) is 0 Å². The molecule has 0 spiro atoms. The van der Waals surface area contributed by atoms with E-state index in [9.17, 15) is 12.8 Å². The highest BCUT2D eigenvalue weighted by atomic mass is 32.2. The quantitative estimate of drug-likeness (QED) is 0.607. The van der Waals surface area contributed by atoms with Crippen LogP contribution in [0.25, 0.3) is 0 Å². The molecular weight excluding hydrogens is 357 g/mol. The Morgan fingerprint density at radius 3 is 2.50 bits per heavy atom. The average molecular weight is 381 g/mol. The van der Waals surface area contributed by atoms with Crippen LogP contribution in [-0.4, -0.2) is 34.4 Å². The number of para-hydroxylation sites is 1. The molecule has 2 rings (SSSR count). The first-order valence-corrected chi connectivity index (χ1v) is 10.1. The third-order valence-corrected chi connectivity index (χ3v) is 5.17. The number of unbranched alkanes of at least 4 members (excludes halogenated alkanes) is 1. The van der Waals surface area contributed by atoms with E-state index in [1.54, 1.807) is 7.11 Å². The van der Waals surface area contributed by atoms with Crippen LogP contribution in [0.4, 0.5) is 4.39 Å². The number of sulfonamides is 1. The fourth-order valence-electron chi connectivity index (χ4n) is 2.45. The number of methoxy groups -OCH3 is 1. The number of nitrogens with one attached hydrogen (secondary N) is 1. The molecule has 0 unspecified atom stereocenters. The first-order valence-electron chi connectivity index (χ1n) is 8.48. The Balaban J connectivity index is 1.64. The van der Waals surface area contributed by atoms with Crippen LogP contribution in [0, 0.1) is 5.82 Å². The first-order chi connectivity index (χ1) is 12.5. The largest absolute Gasteiger partial charge is 0.496 e. The molecule has 142 valence electrons. The van der Waals surface area contributed by atoms with Gasteiger partial charge in [-0.05, 0) is 55.2 Å². The predicted molar refractivity (Wildman–Crippen MR) is 99.6 cm³/mol. The fourth-order valence-corrected chi connectivity index (χ4v) is 3.35. The van der Waals surface area contributed by atoms with Gasteiger partial charge in [0.15, 0.2) is 0 Å². The Kier molecular flexibility index (Phi) is 7.87. The molecule has 0 aliphatic rings. The molecule has 2 aromatic carbocycles. The van der Waals surface area contributed by atoms with Gasteiger partial charge < -0.3 is 9.47 Å². The average Bonchev–Trinajstić information content (AvgIpc) is 2.63. The molecule has 0 aliphatic heterocycles. The zero-order valence-corrected chi connectivity index (χ0v) is 15.6. The minimum absolute atomic E-state index is 0.0161. The van der Waals surface area contributed by atoms with E-state index in [1.165, 1.54) is 24.3 Å². The topological polar surface area (TPSA) is 64.6 Å². The SMILES string of the molecule is COc1ccccc1CCCCNS(=O)(=O)CCOc1ccc(F)cc1. The summed E-state index contributed by atoms with van der Waals surface area (Å²) in [6.45, 7) is 0.399. The third kappa shape index (κ3) is 7.01. The van der Waals surface area contributed by atoms with Crippen molar-refractivity contribution in [2.24, 2.45) is 0 Å². The summed E-state index contributed by atoms with van der Waals surface area (Å²) in [5.41, 5.74) is 1.12. The summed E-state index contributed by atoms with van der Waals surface area (Å²) < 4.78 is 49.8. The maximum Gasteiger partial charge on any atom is 0.214 e. The van der Waals surface area contributed by atoms with Crippen molar-refractivity contribution < 1.29 is 22.3 Å². The molecule has 26 heavy (non-hydrogen) atoms. The molecule has 2 aromatic rings. The lowest BCUT2D eigenvalue weighted by atomic mass is 10.1. The van der Waals surface area contributed by atoms with Gasteiger partial charge >= 0.3 is 0 Å². The van der Waals surface area contributed by atoms with Gasteiger partial charge in [0.25, 0.3) is 0 Å². The zero-order valence-electron chi connectivity index (χ0n) is 14.8. The molecule has 1 N–H and O–H groups in total. The number of hydrogen-bond acceptors (Lipinski definition) is 4. The molecule has 7 heteroatoms. The van der Waals surface area contributed by atoms with Crippen molar-refractivity contribution in [3.8, 4) is 11.5 Å². The van der Waals surface area contributed by atoms with E-state index in [2.05, 4.69) is 4.72 Å². The zero-order chi connectivity index (χ0) is 18.8. The molecule has 0 saturated carbocycles. The monoisotopic (exact) mass is 381 g/mol. The minimum atomic E-state index is -3.39. The summed E-state index contributed by atoms with van der Waals surface area (Å²) in [7, 11) is -1.75. The Hall–Kier alpha value is -2.12. The molecule has 0 fully saturated rings. The van der Waals surface area contributed by atoms with Gasteiger partial charge in [-0.25, -0.2) is 17.5 Å². The summed E-state index contributed by atoms with van der Waals surface area (Å²) in [6.07, 6.45) is 2.42. The van der Waals surface area contributed by atoms with Gasteiger partial charge in [0, 0.05) is 6.54 Å². The second-order valence-corrected chi connectivity index (χ2v) is 7.71. The Morgan fingerprint density at radius 2 is 1.77 bits per heavy atom. The Bertz CT molecular complexity index is 778. The van der Waals surface area contributed by atoms with E-state index in [-0.39, 0.29) is 18.2 Å². The lowest BCUT2D eigenvalue weighted by Crippen LogP contribution is -2.29. The Labute approximate surface area is 154 Å². The van der Waals surface area contributed by atoms with Crippen LogP contribution in [-0.2, 0) is 16.4 Å². The van der Waals surface area contributed by atoms with Gasteiger partial charge in [-0.1, -0.05) is 18.2 Å². The predicted octanol–water partition coefficient (Wildman–Crippen LogP) is 3.16. The number of halogens is 1. The lowest BCUT2D eigenvalue weighted by molar-refractivity contribution is 0.339. The summed E-state index contributed by atoms with van der Waals surface area (Å²) in [4.78, 5) is 0. The van der Waals surface area contributed by atoms with Gasteiger partial charge in [0.2, 0.25) is 10.0 Å². The molecular formula is C19H24FNO4S.